The van der Waals surface area contributed by atoms with Crippen LogP contribution in [0.3, 0.4) is 0 Å². The molecule has 1 aliphatic carbocycles. The molecule has 0 aliphatic heterocycles. The van der Waals surface area contributed by atoms with Crippen molar-refractivity contribution in [2.75, 3.05) is 5.73 Å². The number of anilines is 1. The molecule has 1 aliphatic rings. The SMILES string of the molecule is NC(=O)Oc1ncc(-c2ccc(S(=O)(=O)C3CC3)cc2)nc1-c1cc(-c2ccc(N)cc2)no1. The van der Waals surface area contributed by atoms with Crippen molar-refractivity contribution < 1.29 is 22.5 Å². The van der Waals surface area contributed by atoms with Gasteiger partial charge in [-0.25, -0.2) is 23.2 Å². The van der Waals surface area contributed by atoms with Gasteiger partial charge in [0, 0.05) is 22.9 Å². The number of aromatic nitrogens is 3. The average Bonchev–Trinajstić information content (AvgIpc) is 3.58. The Balaban J connectivity index is 1.52. The van der Waals surface area contributed by atoms with Crippen molar-refractivity contribution in [3.8, 4) is 39.8 Å². The van der Waals surface area contributed by atoms with Crippen LogP contribution in [0.2, 0.25) is 0 Å². The molecule has 5 rings (SSSR count). The lowest BCUT2D eigenvalue weighted by Crippen LogP contribution is -2.17. The van der Waals surface area contributed by atoms with Gasteiger partial charge in [0.2, 0.25) is 0 Å². The fourth-order valence-corrected chi connectivity index (χ4v) is 5.07. The minimum absolute atomic E-state index is 0.111. The van der Waals surface area contributed by atoms with Gasteiger partial charge in [-0.1, -0.05) is 29.4 Å². The second-order valence-corrected chi connectivity index (χ2v) is 10.0. The molecule has 34 heavy (non-hydrogen) atoms. The summed E-state index contributed by atoms with van der Waals surface area (Å²) in [6, 6.07) is 15.1. The van der Waals surface area contributed by atoms with Crippen LogP contribution in [-0.4, -0.2) is 34.9 Å². The Morgan fingerprint density at radius 3 is 2.29 bits per heavy atom. The Hall–Kier alpha value is -4.25. The van der Waals surface area contributed by atoms with E-state index in [-0.39, 0.29) is 27.5 Å². The van der Waals surface area contributed by atoms with Gasteiger partial charge in [-0.05, 0) is 37.1 Å². The summed E-state index contributed by atoms with van der Waals surface area (Å²) in [5.74, 6) is 0.0505. The van der Waals surface area contributed by atoms with Gasteiger partial charge in [0.05, 0.1) is 22.0 Å². The van der Waals surface area contributed by atoms with E-state index in [1.54, 1.807) is 54.6 Å². The number of hydrogen-bond acceptors (Lipinski definition) is 9. The summed E-state index contributed by atoms with van der Waals surface area (Å²) in [7, 11) is -3.30. The van der Waals surface area contributed by atoms with Crippen LogP contribution in [-0.2, 0) is 9.84 Å². The normalized spacial score (nSPS) is 13.5. The van der Waals surface area contributed by atoms with Crippen molar-refractivity contribution in [3.05, 3.63) is 60.8 Å². The summed E-state index contributed by atoms with van der Waals surface area (Å²) in [4.78, 5) is 20.3. The van der Waals surface area contributed by atoms with Crippen molar-refractivity contribution in [2.45, 2.75) is 23.0 Å². The Labute approximate surface area is 194 Å². The maximum atomic E-state index is 12.5. The lowest BCUT2D eigenvalue weighted by atomic mass is 10.1. The van der Waals surface area contributed by atoms with Crippen LogP contribution in [0.25, 0.3) is 34.0 Å². The predicted molar refractivity (Wildman–Crippen MR) is 123 cm³/mol. The number of ether oxygens (including phenoxy) is 1. The first-order valence-corrected chi connectivity index (χ1v) is 11.9. The van der Waals surface area contributed by atoms with Crippen LogP contribution in [0, 0.1) is 0 Å². The van der Waals surface area contributed by atoms with Gasteiger partial charge in [0.25, 0.3) is 5.88 Å². The maximum absolute atomic E-state index is 12.5. The van der Waals surface area contributed by atoms with E-state index >= 15 is 0 Å². The largest absolute Gasteiger partial charge is 0.411 e. The fraction of sp³-hybridized carbons (Fsp3) is 0.130. The third kappa shape index (κ3) is 4.20. The maximum Gasteiger partial charge on any atom is 0.411 e. The molecule has 1 saturated carbocycles. The van der Waals surface area contributed by atoms with Gasteiger partial charge in [0.15, 0.2) is 21.3 Å². The first kappa shape index (κ1) is 21.6. The number of amides is 1. The van der Waals surface area contributed by atoms with Gasteiger partial charge in [-0.2, -0.15) is 0 Å². The summed E-state index contributed by atoms with van der Waals surface area (Å²) >= 11 is 0. The van der Waals surface area contributed by atoms with E-state index in [1.165, 1.54) is 6.20 Å². The molecule has 4 N–H and O–H groups in total. The summed E-state index contributed by atoms with van der Waals surface area (Å²) < 4.78 is 35.4. The molecule has 0 radical (unpaired) electrons. The molecule has 0 unspecified atom stereocenters. The summed E-state index contributed by atoms with van der Waals surface area (Å²) in [6.45, 7) is 0. The summed E-state index contributed by atoms with van der Waals surface area (Å²) in [6.07, 6.45) is 1.71. The third-order valence-corrected chi connectivity index (χ3v) is 7.61. The zero-order valence-electron chi connectivity index (χ0n) is 17.7. The number of nitrogen functional groups attached to an aromatic ring is 1. The zero-order chi connectivity index (χ0) is 23.9. The molecule has 2 aromatic heterocycles. The lowest BCUT2D eigenvalue weighted by molar-refractivity contribution is 0.209. The molecule has 0 saturated heterocycles. The molecule has 0 spiro atoms. The molecule has 1 amide bonds. The van der Waals surface area contributed by atoms with E-state index in [0.29, 0.717) is 35.5 Å². The third-order valence-electron chi connectivity index (χ3n) is 5.33. The number of carbonyl (C=O) groups excluding carboxylic acids is 1. The minimum Gasteiger partial charge on any atom is -0.399 e. The number of primary amides is 1. The molecule has 4 aromatic rings. The highest BCUT2D eigenvalue weighted by Gasteiger charge is 2.36. The highest BCUT2D eigenvalue weighted by atomic mass is 32.2. The molecular weight excluding hydrogens is 458 g/mol. The standard InChI is InChI=1S/C23H19N5O5S/c24-15-5-1-13(2-6-15)18-11-20(33-28-18)21-22(32-23(25)29)26-12-19(27-21)14-3-7-16(8-4-14)34(30,31)17-9-10-17/h1-8,11-12,17H,9-10,24H2,(H2,25,29). The van der Waals surface area contributed by atoms with Crippen LogP contribution in [0.5, 0.6) is 5.88 Å². The average molecular weight is 478 g/mol. The van der Waals surface area contributed by atoms with Crippen molar-refractivity contribution in [1.29, 1.82) is 0 Å². The number of rotatable bonds is 6. The number of carbonyl (C=O) groups is 1. The molecule has 10 nitrogen and oxygen atoms in total. The smallest absolute Gasteiger partial charge is 0.399 e. The molecule has 0 atom stereocenters. The second kappa shape index (κ2) is 8.27. The topological polar surface area (TPSA) is 164 Å². The van der Waals surface area contributed by atoms with E-state index in [9.17, 15) is 13.2 Å². The van der Waals surface area contributed by atoms with Crippen LogP contribution >= 0.6 is 0 Å². The minimum atomic E-state index is -3.30. The van der Waals surface area contributed by atoms with E-state index in [4.69, 9.17) is 20.7 Å². The van der Waals surface area contributed by atoms with Gasteiger partial charge in [-0.15, -0.1) is 0 Å². The Kier molecular flexibility index (Phi) is 5.25. The number of hydrogen-bond donors (Lipinski definition) is 2. The van der Waals surface area contributed by atoms with Crippen molar-refractivity contribution in [1.82, 2.24) is 15.1 Å². The molecule has 0 bridgehead atoms. The van der Waals surface area contributed by atoms with Gasteiger partial charge < -0.3 is 20.7 Å². The summed E-state index contributed by atoms with van der Waals surface area (Å²) in [5, 5.41) is 3.76. The van der Waals surface area contributed by atoms with E-state index < -0.39 is 15.9 Å². The second-order valence-electron chi connectivity index (χ2n) is 7.80. The molecule has 172 valence electrons. The Morgan fingerprint density at radius 1 is 1.00 bits per heavy atom. The van der Waals surface area contributed by atoms with Crippen molar-refractivity contribution in [2.24, 2.45) is 5.73 Å². The van der Waals surface area contributed by atoms with Crippen LogP contribution in [0.1, 0.15) is 12.8 Å². The van der Waals surface area contributed by atoms with Gasteiger partial charge in [0.1, 0.15) is 5.69 Å². The van der Waals surface area contributed by atoms with Crippen molar-refractivity contribution >= 4 is 21.6 Å². The van der Waals surface area contributed by atoms with E-state index in [2.05, 4.69) is 15.1 Å². The fourth-order valence-electron chi connectivity index (χ4n) is 3.41. The van der Waals surface area contributed by atoms with E-state index in [1.807, 2.05) is 0 Å². The Morgan fingerprint density at radius 2 is 1.65 bits per heavy atom. The first-order chi connectivity index (χ1) is 16.3. The first-order valence-electron chi connectivity index (χ1n) is 10.3. The molecule has 2 aromatic carbocycles. The highest BCUT2D eigenvalue weighted by molar-refractivity contribution is 7.92. The van der Waals surface area contributed by atoms with Gasteiger partial charge in [-0.3, -0.25) is 0 Å². The predicted octanol–water partition coefficient (Wildman–Crippen LogP) is 3.44. The highest BCUT2D eigenvalue weighted by Crippen LogP contribution is 2.35. The van der Waals surface area contributed by atoms with E-state index in [0.717, 1.165) is 5.56 Å². The number of nitrogens with two attached hydrogens (primary N) is 2. The number of benzene rings is 2. The number of nitrogens with zero attached hydrogens (tertiary/aromatic N) is 3. The van der Waals surface area contributed by atoms with Crippen LogP contribution < -0.4 is 16.2 Å². The molecule has 11 heteroatoms. The quantitative estimate of drug-likeness (QED) is 0.396. The number of sulfone groups is 1. The molecule has 1 fully saturated rings. The van der Waals surface area contributed by atoms with Gasteiger partial charge >= 0.3 is 6.09 Å². The molecule has 2 heterocycles. The monoisotopic (exact) mass is 477 g/mol. The van der Waals surface area contributed by atoms with Crippen molar-refractivity contribution in [3.63, 3.8) is 0 Å². The van der Waals surface area contributed by atoms with Crippen LogP contribution in [0.15, 0.2) is 70.2 Å². The van der Waals surface area contributed by atoms with Crippen LogP contribution in [0.4, 0.5) is 10.5 Å². The zero-order valence-corrected chi connectivity index (χ0v) is 18.5. The molecular formula is C23H19N5O5S. The summed E-state index contributed by atoms with van der Waals surface area (Å²) in [5.41, 5.74) is 13.9. The Bertz CT molecular complexity index is 1480. The lowest BCUT2D eigenvalue weighted by Gasteiger charge is -2.08.